The topological polar surface area (TPSA) is 67.5 Å². The first-order valence-corrected chi connectivity index (χ1v) is 12.1. The van der Waals surface area contributed by atoms with Crippen molar-refractivity contribution in [2.45, 2.75) is 64.2 Å². The summed E-state index contributed by atoms with van der Waals surface area (Å²) < 4.78 is 100. The minimum Gasteiger partial charge on any atom is -0.457 e. The lowest BCUT2D eigenvalue weighted by atomic mass is 9.65. The number of benzene rings is 2. The molecule has 0 aliphatic heterocycles. The molecular weight excluding hydrogens is 450 g/mol. The molecule has 2 atom stereocenters. The summed E-state index contributed by atoms with van der Waals surface area (Å²) in [5, 5.41) is 0. The van der Waals surface area contributed by atoms with Crippen LogP contribution in [0, 0.1) is 12.8 Å². The highest BCUT2D eigenvalue weighted by molar-refractivity contribution is 5.74. The van der Waals surface area contributed by atoms with Crippen molar-refractivity contribution in [1.82, 2.24) is 14.9 Å². The molecule has 3 aromatic rings. The molecule has 0 saturated heterocycles. The van der Waals surface area contributed by atoms with Crippen molar-refractivity contribution < 1.29 is 28.0 Å². The number of ether oxygens (including phenoxy) is 2. The second kappa shape index (κ2) is 11.6. The first kappa shape index (κ1) is 16.2. The summed E-state index contributed by atoms with van der Waals surface area (Å²) >= 11 is 0. The number of imidazole rings is 1. The van der Waals surface area contributed by atoms with Crippen molar-refractivity contribution in [1.29, 1.82) is 0 Å². The number of esters is 1. The van der Waals surface area contributed by atoms with Crippen LogP contribution in [0.4, 0.5) is 0 Å². The van der Waals surface area contributed by atoms with Crippen LogP contribution in [0.1, 0.15) is 75.2 Å². The Balaban J connectivity index is 1.79. The molecule has 1 heterocycles. The lowest BCUT2D eigenvalue weighted by Crippen LogP contribution is -2.49. The number of aromatic nitrogens is 2. The number of hydrogen-bond donors (Lipinski definition) is 1. The summed E-state index contributed by atoms with van der Waals surface area (Å²) in [5.41, 5.74) is -0.0533. The number of nitrogens with one attached hydrogen (secondary N) is 1. The molecule has 0 fully saturated rings. The van der Waals surface area contributed by atoms with Crippen LogP contribution >= 0.6 is 0 Å². The minimum absolute atomic E-state index is 0.133. The standard InChI is InChI=1S/C30H41N3O3/c1-21(2)29-24-13-12-22(3)19-23(24)14-15-30(29,36-28(34)20-35-5)16-18-33(4)17-8-11-27-31-25-9-6-7-10-26(25)32-27/h6-7,9-10,12-13,19,21,29H,8,11,14-18,20H2,1-5H3,(H,31,32)/t29-,30-/m0/s1/i8D2,11D2,14D2,15D2,17D2. The quantitative estimate of drug-likeness (QED) is 0.354. The Hall–Kier alpha value is -2.70. The van der Waals surface area contributed by atoms with Gasteiger partial charge in [-0.2, -0.15) is 0 Å². The number of fused-ring (bicyclic) bond motifs is 2. The maximum atomic E-state index is 13.1. The van der Waals surface area contributed by atoms with Gasteiger partial charge in [0.2, 0.25) is 0 Å². The smallest absolute Gasteiger partial charge is 0.332 e. The highest BCUT2D eigenvalue weighted by Gasteiger charge is 2.47. The van der Waals surface area contributed by atoms with Crippen LogP contribution in [0.3, 0.4) is 0 Å². The number of aryl methyl sites for hydroxylation is 3. The lowest BCUT2D eigenvalue weighted by molar-refractivity contribution is -0.172. The van der Waals surface area contributed by atoms with E-state index in [4.69, 9.17) is 20.4 Å². The average Bonchev–Trinajstić information content (AvgIpc) is 3.40. The second-order valence-corrected chi connectivity index (χ2v) is 9.49. The molecule has 6 nitrogen and oxygen atoms in total. The average molecular weight is 502 g/mol. The fraction of sp³-hybridized carbons (Fsp3) is 0.533. The summed E-state index contributed by atoms with van der Waals surface area (Å²) in [4.78, 5) is 20.9. The number of para-hydroxylation sites is 2. The molecule has 0 unspecified atom stereocenters. The number of hydrogen-bond acceptors (Lipinski definition) is 5. The van der Waals surface area contributed by atoms with Gasteiger partial charge in [-0.3, -0.25) is 0 Å². The third-order valence-electron chi connectivity index (χ3n) is 6.32. The van der Waals surface area contributed by atoms with E-state index in [9.17, 15) is 7.54 Å². The monoisotopic (exact) mass is 501 g/mol. The first-order chi connectivity index (χ1) is 21.1. The van der Waals surface area contributed by atoms with Crippen molar-refractivity contribution in [3.8, 4) is 0 Å². The van der Waals surface area contributed by atoms with E-state index in [2.05, 4.69) is 9.97 Å². The van der Waals surface area contributed by atoms with Gasteiger partial charge in [0.05, 0.1) is 11.0 Å². The first-order valence-electron chi connectivity index (χ1n) is 17.1. The molecule has 4 rings (SSSR count). The Morgan fingerprint density at radius 1 is 1.33 bits per heavy atom. The van der Waals surface area contributed by atoms with Crippen LogP contribution in [-0.2, 0) is 27.0 Å². The molecule has 1 aliphatic carbocycles. The molecule has 1 aromatic heterocycles. The van der Waals surface area contributed by atoms with Crippen molar-refractivity contribution in [2.24, 2.45) is 5.92 Å². The van der Waals surface area contributed by atoms with E-state index in [0.717, 1.165) is 10.5 Å². The van der Waals surface area contributed by atoms with Crippen molar-refractivity contribution in [3.05, 3.63) is 65.0 Å². The molecule has 0 bridgehead atoms. The van der Waals surface area contributed by atoms with Crippen LogP contribution in [-0.4, -0.2) is 60.2 Å². The fourth-order valence-electron chi connectivity index (χ4n) is 4.74. The molecule has 0 radical (unpaired) electrons. The van der Waals surface area contributed by atoms with Crippen LogP contribution in [0.5, 0.6) is 0 Å². The number of rotatable bonds is 11. The van der Waals surface area contributed by atoms with Crippen LogP contribution in [0.25, 0.3) is 11.0 Å². The third-order valence-corrected chi connectivity index (χ3v) is 6.32. The third kappa shape index (κ3) is 5.98. The molecule has 0 saturated carbocycles. The molecule has 1 N–H and O–H groups in total. The Bertz CT molecular complexity index is 1560. The van der Waals surface area contributed by atoms with Gasteiger partial charge in [0, 0.05) is 46.1 Å². The van der Waals surface area contributed by atoms with Gasteiger partial charge in [-0.25, -0.2) is 9.78 Å². The van der Waals surface area contributed by atoms with E-state index in [1.54, 1.807) is 63.2 Å². The normalized spacial score (nSPS) is 27.8. The van der Waals surface area contributed by atoms with Gasteiger partial charge in [0.25, 0.3) is 0 Å². The summed E-state index contributed by atoms with van der Waals surface area (Å²) in [6, 6.07) is 11.7. The Morgan fingerprint density at radius 3 is 2.89 bits per heavy atom. The van der Waals surface area contributed by atoms with E-state index in [0.29, 0.717) is 16.6 Å². The number of nitrogens with zero attached hydrogens (tertiary/aromatic N) is 2. The predicted molar refractivity (Wildman–Crippen MR) is 144 cm³/mol. The van der Waals surface area contributed by atoms with Gasteiger partial charge in [0.15, 0.2) is 0 Å². The summed E-state index contributed by atoms with van der Waals surface area (Å²) in [6.07, 6.45) is -12.1. The van der Waals surface area contributed by atoms with Crippen LogP contribution in [0.15, 0.2) is 42.5 Å². The summed E-state index contributed by atoms with van der Waals surface area (Å²) in [7, 11) is 2.49. The van der Waals surface area contributed by atoms with Gasteiger partial charge in [-0.05, 0) is 68.8 Å². The highest BCUT2D eigenvalue weighted by atomic mass is 16.6. The van der Waals surface area contributed by atoms with Gasteiger partial charge < -0.3 is 19.4 Å². The zero-order chi connectivity index (χ0) is 34.7. The van der Waals surface area contributed by atoms with Gasteiger partial charge in [-0.1, -0.05) is 49.7 Å². The van der Waals surface area contributed by atoms with E-state index in [1.165, 1.54) is 14.2 Å². The van der Waals surface area contributed by atoms with Crippen LogP contribution < -0.4 is 0 Å². The molecule has 1 aliphatic rings. The SMILES string of the molecule is [2H]C([2H])(c1nc2ccccc2[nH]1)C([2H])([2H])C([2H])([2H])N(C)CC[C@]1(OC(=O)COC)[C@@H](C(C)C)c2ccc(C)cc2C([2H])([2H])C1([2H])[2H]. The van der Waals surface area contributed by atoms with Crippen LogP contribution in [0.2, 0.25) is 0 Å². The van der Waals surface area contributed by atoms with Crippen molar-refractivity contribution in [2.75, 3.05) is 33.8 Å². The number of aromatic amines is 1. The molecule has 36 heavy (non-hydrogen) atoms. The zero-order valence-electron chi connectivity index (χ0n) is 31.4. The van der Waals surface area contributed by atoms with Gasteiger partial charge >= 0.3 is 5.97 Å². The highest BCUT2D eigenvalue weighted by Crippen LogP contribution is 2.48. The minimum atomic E-state index is -3.22. The fourth-order valence-corrected chi connectivity index (χ4v) is 4.74. The zero-order valence-corrected chi connectivity index (χ0v) is 21.4. The molecular formula is C30H41N3O3. The van der Waals surface area contributed by atoms with Gasteiger partial charge in [0.1, 0.15) is 18.0 Å². The molecule has 0 spiro atoms. The van der Waals surface area contributed by atoms with E-state index < -0.39 is 80.8 Å². The molecule has 6 heteroatoms. The molecule has 194 valence electrons. The number of H-pyrrole nitrogens is 1. The van der Waals surface area contributed by atoms with Crippen molar-refractivity contribution in [3.63, 3.8) is 0 Å². The van der Waals surface area contributed by atoms with E-state index in [1.807, 2.05) is 0 Å². The molecule has 2 aromatic carbocycles. The Labute approximate surface area is 229 Å². The predicted octanol–water partition coefficient (Wildman–Crippen LogP) is 5.44. The van der Waals surface area contributed by atoms with Crippen molar-refractivity contribution >= 4 is 17.0 Å². The number of carbonyl (C=O) groups excluding carboxylic acids is 1. The van der Waals surface area contributed by atoms with Gasteiger partial charge in [-0.15, -0.1) is 0 Å². The molecule has 0 amide bonds. The summed E-state index contributed by atoms with van der Waals surface area (Å²) in [6.45, 7) is 1.37. The Kier molecular flexibility index (Phi) is 5.21. The maximum absolute atomic E-state index is 13.1. The van der Waals surface area contributed by atoms with E-state index in [-0.39, 0.29) is 5.56 Å². The lowest BCUT2D eigenvalue weighted by Gasteiger charge is -2.47. The largest absolute Gasteiger partial charge is 0.457 e. The number of carbonyl (C=O) groups is 1. The Morgan fingerprint density at radius 2 is 2.14 bits per heavy atom. The van der Waals surface area contributed by atoms with E-state index >= 15 is 0 Å². The maximum Gasteiger partial charge on any atom is 0.332 e. The number of methoxy groups -OCH3 is 1. The summed E-state index contributed by atoms with van der Waals surface area (Å²) in [5.74, 6) is -2.62. The second-order valence-electron chi connectivity index (χ2n) is 9.49.